The number of hydrogen-bond donors (Lipinski definition) is 0. The molecule has 0 saturated carbocycles. The van der Waals surface area contributed by atoms with E-state index in [0.717, 1.165) is 5.25 Å². The van der Waals surface area contributed by atoms with E-state index in [2.05, 4.69) is 18.7 Å². The maximum Gasteiger partial charge on any atom is 0.0138 e. The molecular formula is C19H38S. The number of thioether (sulfide) groups is 1. The van der Waals surface area contributed by atoms with Crippen LogP contribution in [0.25, 0.3) is 0 Å². The molecule has 1 heteroatoms. The molecule has 1 atom stereocenters. The fraction of sp³-hybridized carbons (Fsp3) is 1.00. The van der Waals surface area contributed by atoms with Crippen LogP contribution in [-0.2, 0) is 0 Å². The van der Waals surface area contributed by atoms with Crippen molar-refractivity contribution < 1.29 is 0 Å². The summed E-state index contributed by atoms with van der Waals surface area (Å²) >= 11 is 2.15. The summed E-state index contributed by atoms with van der Waals surface area (Å²) in [4.78, 5) is 0. The number of hydrogen-bond acceptors (Lipinski definition) is 1. The highest BCUT2D eigenvalue weighted by molar-refractivity contribution is 8.06. The van der Waals surface area contributed by atoms with Crippen molar-refractivity contribution in [2.45, 2.75) is 115 Å². The fourth-order valence-electron chi connectivity index (χ4n) is 2.98. The predicted molar refractivity (Wildman–Crippen MR) is 95.8 cm³/mol. The lowest BCUT2D eigenvalue weighted by Gasteiger charge is -2.03. The Labute approximate surface area is 132 Å². The molecule has 1 rings (SSSR count). The van der Waals surface area contributed by atoms with Gasteiger partial charge in [0.1, 0.15) is 0 Å². The van der Waals surface area contributed by atoms with Gasteiger partial charge in [0.15, 0.2) is 0 Å². The predicted octanol–water partition coefficient (Wildman–Crippen LogP) is 7.36. The molecule has 0 N–H and O–H groups in total. The van der Waals surface area contributed by atoms with Crippen molar-refractivity contribution in [1.82, 2.24) is 0 Å². The van der Waals surface area contributed by atoms with Gasteiger partial charge in [0.2, 0.25) is 0 Å². The van der Waals surface area contributed by atoms with Crippen LogP contribution in [0.4, 0.5) is 0 Å². The van der Waals surface area contributed by atoms with Crippen LogP contribution in [0.3, 0.4) is 0 Å². The second-order valence-corrected chi connectivity index (χ2v) is 8.03. The van der Waals surface area contributed by atoms with Crippen molar-refractivity contribution in [2.24, 2.45) is 0 Å². The van der Waals surface area contributed by atoms with Crippen molar-refractivity contribution in [2.75, 3.05) is 5.75 Å². The summed E-state index contributed by atoms with van der Waals surface area (Å²) in [7, 11) is 0. The molecule has 0 bridgehead atoms. The summed E-state index contributed by atoms with van der Waals surface area (Å²) in [5.41, 5.74) is 0. The lowest BCUT2D eigenvalue weighted by Crippen LogP contribution is -1.85. The lowest BCUT2D eigenvalue weighted by atomic mass is 10.0. The highest BCUT2D eigenvalue weighted by Crippen LogP contribution is 2.34. The van der Waals surface area contributed by atoms with E-state index in [9.17, 15) is 0 Å². The van der Waals surface area contributed by atoms with Crippen LogP contribution >= 0.6 is 11.8 Å². The normalized spacial score (nSPS) is 17.6. The van der Waals surface area contributed by atoms with Gasteiger partial charge in [-0.05, 0) is 6.42 Å². The monoisotopic (exact) mass is 298 g/mol. The molecule has 1 unspecified atom stereocenters. The van der Waals surface area contributed by atoms with Crippen molar-refractivity contribution in [3.8, 4) is 0 Å². The Bertz CT molecular complexity index is 186. The largest absolute Gasteiger partial charge is 0.157 e. The zero-order valence-electron chi connectivity index (χ0n) is 14.0. The van der Waals surface area contributed by atoms with E-state index in [4.69, 9.17) is 0 Å². The minimum absolute atomic E-state index is 1.07. The highest BCUT2D eigenvalue weighted by Gasteiger charge is 2.20. The molecule has 0 nitrogen and oxygen atoms in total. The van der Waals surface area contributed by atoms with Crippen LogP contribution < -0.4 is 0 Å². The second-order valence-electron chi connectivity index (χ2n) is 6.69. The van der Waals surface area contributed by atoms with E-state index < -0.39 is 0 Å². The van der Waals surface area contributed by atoms with Crippen LogP contribution in [0.2, 0.25) is 0 Å². The SMILES string of the molecule is CCCCCCCCCCCCCCCCCC1CS1. The first kappa shape index (κ1) is 18.4. The summed E-state index contributed by atoms with van der Waals surface area (Å²) in [5, 5.41) is 1.07. The standard InChI is InChI=1S/C19H38S/c1-2-3-4-5-6-7-8-9-10-11-12-13-14-15-16-17-19-18-20-19/h19H,2-18H2,1H3. The summed E-state index contributed by atoms with van der Waals surface area (Å²) in [5.74, 6) is 1.46. The molecule has 1 saturated heterocycles. The maximum atomic E-state index is 2.30. The molecule has 0 spiro atoms. The quantitative estimate of drug-likeness (QED) is 0.212. The zero-order valence-corrected chi connectivity index (χ0v) is 14.8. The van der Waals surface area contributed by atoms with Crippen LogP contribution in [0, 0.1) is 0 Å². The molecule has 0 aromatic heterocycles. The molecule has 20 heavy (non-hydrogen) atoms. The molecule has 1 aliphatic heterocycles. The maximum absolute atomic E-state index is 2.30. The van der Waals surface area contributed by atoms with E-state index >= 15 is 0 Å². The third-order valence-corrected chi connectivity index (χ3v) is 5.57. The van der Waals surface area contributed by atoms with Gasteiger partial charge in [-0.2, -0.15) is 11.8 Å². The van der Waals surface area contributed by atoms with Gasteiger partial charge in [0.25, 0.3) is 0 Å². The van der Waals surface area contributed by atoms with Crippen LogP contribution in [0.1, 0.15) is 110 Å². The first-order chi connectivity index (χ1) is 9.93. The van der Waals surface area contributed by atoms with E-state index in [1.54, 1.807) is 0 Å². The van der Waals surface area contributed by atoms with Gasteiger partial charge in [-0.15, -0.1) is 0 Å². The molecule has 1 aliphatic rings. The van der Waals surface area contributed by atoms with Crippen molar-refractivity contribution in [3.63, 3.8) is 0 Å². The van der Waals surface area contributed by atoms with Crippen molar-refractivity contribution in [1.29, 1.82) is 0 Å². The fourth-order valence-corrected chi connectivity index (χ4v) is 3.61. The Hall–Kier alpha value is 0.350. The average Bonchev–Trinajstić information content (AvgIpc) is 3.27. The molecule has 0 aromatic rings. The molecular weight excluding hydrogens is 260 g/mol. The van der Waals surface area contributed by atoms with Crippen LogP contribution in [-0.4, -0.2) is 11.0 Å². The first-order valence-electron chi connectivity index (χ1n) is 9.55. The van der Waals surface area contributed by atoms with Crippen LogP contribution in [0.15, 0.2) is 0 Å². The smallest absolute Gasteiger partial charge is 0.0138 e. The number of unbranched alkanes of at least 4 members (excludes halogenated alkanes) is 14. The molecule has 0 amide bonds. The second kappa shape index (κ2) is 14.3. The molecule has 1 heterocycles. The Kier molecular flexibility index (Phi) is 13.1. The summed E-state index contributed by atoms with van der Waals surface area (Å²) in [6.07, 6.45) is 23.7. The van der Waals surface area contributed by atoms with Gasteiger partial charge in [0.05, 0.1) is 0 Å². The number of rotatable bonds is 16. The van der Waals surface area contributed by atoms with Gasteiger partial charge < -0.3 is 0 Å². The minimum Gasteiger partial charge on any atom is -0.157 e. The summed E-state index contributed by atoms with van der Waals surface area (Å²) < 4.78 is 0. The Morgan fingerprint density at radius 2 is 0.950 bits per heavy atom. The molecule has 0 aromatic carbocycles. The molecule has 1 fully saturated rings. The Balaban J connectivity index is 1.60. The van der Waals surface area contributed by atoms with Gasteiger partial charge in [-0.3, -0.25) is 0 Å². The van der Waals surface area contributed by atoms with E-state index in [1.165, 1.54) is 108 Å². The highest BCUT2D eigenvalue weighted by atomic mass is 32.2. The van der Waals surface area contributed by atoms with Crippen molar-refractivity contribution in [3.05, 3.63) is 0 Å². The topological polar surface area (TPSA) is 0 Å². The van der Waals surface area contributed by atoms with Gasteiger partial charge in [-0.1, -0.05) is 103 Å². The third kappa shape index (κ3) is 13.3. The molecule has 120 valence electrons. The van der Waals surface area contributed by atoms with E-state index in [1.807, 2.05) is 0 Å². The summed E-state index contributed by atoms with van der Waals surface area (Å²) in [6, 6.07) is 0. The summed E-state index contributed by atoms with van der Waals surface area (Å²) in [6.45, 7) is 2.30. The minimum atomic E-state index is 1.07. The lowest BCUT2D eigenvalue weighted by molar-refractivity contribution is 0.530. The van der Waals surface area contributed by atoms with Crippen molar-refractivity contribution >= 4 is 11.8 Å². The third-order valence-electron chi connectivity index (χ3n) is 4.53. The molecule has 0 radical (unpaired) electrons. The first-order valence-corrected chi connectivity index (χ1v) is 10.6. The van der Waals surface area contributed by atoms with Gasteiger partial charge in [0, 0.05) is 11.0 Å². The van der Waals surface area contributed by atoms with Crippen LogP contribution in [0.5, 0.6) is 0 Å². The Morgan fingerprint density at radius 1 is 0.600 bits per heavy atom. The average molecular weight is 299 g/mol. The zero-order chi connectivity index (χ0) is 14.3. The van der Waals surface area contributed by atoms with Gasteiger partial charge >= 0.3 is 0 Å². The van der Waals surface area contributed by atoms with E-state index in [-0.39, 0.29) is 0 Å². The molecule has 0 aliphatic carbocycles. The van der Waals surface area contributed by atoms with Gasteiger partial charge in [-0.25, -0.2) is 0 Å². The Morgan fingerprint density at radius 3 is 1.30 bits per heavy atom. The van der Waals surface area contributed by atoms with E-state index in [0.29, 0.717) is 0 Å².